The lowest BCUT2D eigenvalue weighted by Crippen LogP contribution is -2.12. The molecule has 4 nitrogen and oxygen atoms in total. The third-order valence-corrected chi connectivity index (χ3v) is 8.07. The molecule has 2 fully saturated rings. The number of rotatable bonds is 2. The minimum absolute atomic E-state index is 0.251. The second kappa shape index (κ2) is 7.23. The molecule has 4 heteroatoms. The minimum atomic E-state index is -0.875. The number of aliphatic hydroxyl groups is 1. The van der Waals surface area contributed by atoms with Gasteiger partial charge in [-0.25, -0.2) is 4.79 Å². The Balaban J connectivity index is 1.67. The van der Waals surface area contributed by atoms with E-state index in [9.17, 15) is 15.0 Å². The Kier molecular flexibility index (Phi) is 4.46. The summed E-state index contributed by atoms with van der Waals surface area (Å²) in [5.41, 5.74) is 6.79. The second-order valence-electron chi connectivity index (χ2n) is 9.82. The van der Waals surface area contributed by atoms with E-state index in [1.54, 1.807) is 6.07 Å². The Bertz CT molecular complexity index is 1170. The summed E-state index contributed by atoms with van der Waals surface area (Å²) in [4.78, 5) is 11.8. The molecule has 3 aliphatic rings. The van der Waals surface area contributed by atoms with Gasteiger partial charge in [-0.2, -0.15) is 0 Å². The van der Waals surface area contributed by atoms with Crippen LogP contribution in [0.1, 0.15) is 78.3 Å². The van der Waals surface area contributed by atoms with Crippen LogP contribution >= 0.6 is 0 Å². The molecular weight excluding hydrogens is 386 g/mol. The maximum absolute atomic E-state index is 11.8. The van der Waals surface area contributed by atoms with E-state index >= 15 is 0 Å². The number of carboxylic acids is 1. The first kappa shape index (κ1) is 19.1. The molecule has 1 aliphatic heterocycles. The van der Waals surface area contributed by atoms with Crippen LogP contribution in [0.25, 0.3) is 22.2 Å². The van der Waals surface area contributed by atoms with Gasteiger partial charge in [0.1, 0.15) is 0 Å². The lowest BCUT2D eigenvalue weighted by atomic mass is 9.80. The van der Waals surface area contributed by atoms with Crippen LogP contribution in [0.2, 0.25) is 0 Å². The van der Waals surface area contributed by atoms with Gasteiger partial charge in [0.25, 0.3) is 0 Å². The maximum atomic E-state index is 11.8. The number of carboxylic acid groups (broad SMARTS) is 1. The van der Waals surface area contributed by atoms with Crippen LogP contribution in [0.3, 0.4) is 0 Å². The van der Waals surface area contributed by atoms with Crippen molar-refractivity contribution in [1.29, 1.82) is 0 Å². The van der Waals surface area contributed by atoms with Crippen LogP contribution < -0.4 is 0 Å². The zero-order valence-corrected chi connectivity index (χ0v) is 17.8. The maximum Gasteiger partial charge on any atom is 0.335 e. The van der Waals surface area contributed by atoms with Crippen molar-refractivity contribution in [2.75, 3.05) is 0 Å². The smallest absolute Gasteiger partial charge is 0.335 e. The zero-order valence-electron chi connectivity index (χ0n) is 17.8. The molecule has 3 atom stereocenters. The number of aliphatic hydroxyl groups excluding tert-OH is 1. The highest BCUT2D eigenvalue weighted by Gasteiger charge is 2.40. The molecule has 0 bridgehead atoms. The first-order chi connectivity index (χ1) is 15.1. The van der Waals surface area contributed by atoms with Gasteiger partial charge in [0, 0.05) is 23.0 Å². The monoisotopic (exact) mass is 415 g/mol. The molecule has 2 saturated carbocycles. The third-order valence-electron chi connectivity index (χ3n) is 8.07. The van der Waals surface area contributed by atoms with Gasteiger partial charge in [0.15, 0.2) is 0 Å². The van der Waals surface area contributed by atoms with E-state index in [1.165, 1.54) is 59.9 Å². The van der Waals surface area contributed by atoms with Gasteiger partial charge in [-0.1, -0.05) is 49.6 Å². The van der Waals surface area contributed by atoms with Gasteiger partial charge in [-0.15, -0.1) is 0 Å². The van der Waals surface area contributed by atoms with Crippen molar-refractivity contribution in [3.63, 3.8) is 0 Å². The average molecular weight is 416 g/mol. The summed E-state index contributed by atoms with van der Waals surface area (Å²) in [7, 11) is 0. The molecule has 0 amide bonds. The average Bonchev–Trinajstić information content (AvgIpc) is 3.28. The fourth-order valence-corrected chi connectivity index (χ4v) is 6.74. The molecule has 0 radical (unpaired) electrons. The van der Waals surface area contributed by atoms with Crippen LogP contribution in [0.5, 0.6) is 0 Å². The van der Waals surface area contributed by atoms with E-state index < -0.39 is 5.97 Å². The van der Waals surface area contributed by atoms with Gasteiger partial charge in [-0.3, -0.25) is 0 Å². The zero-order chi connectivity index (χ0) is 21.1. The highest BCUT2D eigenvalue weighted by Crippen LogP contribution is 2.52. The van der Waals surface area contributed by atoms with E-state index in [2.05, 4.69) is 28.8 Å². The van der Waals surface area contributed by atoms with Gasteiger partial charge in [-0.05, 0) is 66.7 Å². The number of aromatic nitrogens is 1. The molecule has 6 rings (SSSR count). The van der Waals surface area contributed by atoms with Crippen LogP contribution in [0.4, 0.5) is 0 Å². The van der Waals surface area contributed by atoms with Crippen molar-refractivity contribution in [3.05, 3.63) is 59.2 Å². The minimum Gasteiger partial charge on any atom is -0.478 e. The van der Waals surface area contributed by atoms with Crippen molar-refractivity contribution in [1.82, 2.24) is 4.57 Å². The highest BCUT2D eigenvalue weighted by molar-refractivity contribution is 5.98. The SMILES string of the molecule is O=C(O)c1ccc2c(C3CCCCC3)c3n(c2c1)C[C@@H]1C[C@H](O)C[C@@H]1c1ccccc1-3. The molecule has 0 spiro atoms. The molecule has 1 aromatic heterocycles. The molecule has 2 aliphatic carbocycles. The topological polar surface area (TPSA) is 62.5 Å². The largest absolute Gasteiger partial charge is 0.478 e. The van der Waals surface area contributed by atoms with E-state index in [-0.39, 0.29) is 6.10 Å². The van der Waals surface area contributed by atoms with E-state index in [1.807, 2.05) is 12.1 Å². The third kappa shape index (κ3) is 2.95. The molecule has 3 aromatic rings. The van der Waals surface area contributed by atoms with Gasteiger partial charge in [0.2, 0.25) is 0 Å². The summed E-state index contributed by atoms with van der Waals surface area (Å²) >= 11 is 0. The van der Waals surface area contributed by atoms with E-state index in [0.717, 1.165) is 24.9 Å². The summed E-state index contributed by atoms with van der Waals surface area (Å²) in [5, 5.41) is 21.4. The Morgan fingerprint density at radius 3 is 2.61 bits per heavy atom. The van der Waals surface area contributed by atoms with Crippen molar-refractivity contribution in [2.45, 2.75) is 69.4 Å². The first-order valence-corrected chi connectivity index (χ1v) is 11.8. The molecule has 2 N–H and O–H groups in total. The highest BCUT2D eigenvalue weighted by atomic mass is 16.4. The number of hydrogen-bond donors (Lipinski definition) is 2. The lowest BCUT2D eigenvalue weighted by Gasteiger charge is -2.24. The fraction of sp³-hybridized carbons (Fsp3) is 0.444. The Labute approximate surface area is 182 Å². The van der Waals surface area contributed by atoms with Gasteiger partial charge in [0.05, 0.1) is 17.4 Å². The van der Waals surface area contributed by atoms with Crippen LogP contribution in [-0.4, -0.2) is 26.9 Å². The Hall–Kier alpha value is -2.59. The molecule has 2 aromatic carbocycles. The van der Waals surface area contributed by atoms with Crippen LogP contribution in [-0.2, 0) is 6.54 Å². The number of hydrogen-bond acceptors (Lipinski definition) is 2. The summed E-state index contributed by atoms with van der Waals surface area (Å²) in [6, 6.07) is 14.4. The standard InChI is InChI=1S/C27H29NO3/c29-19-12-18-15-28-24-13-17(27(30)31)10-11-22(24)25(16-6-2-1-3-7-16)26(28)21-9-5-4-8-20(21)23(18)14-19/h4-5,8-11,13,16,18-19,23,29H,1-3,6-7,12,14-15H2,(H,30,31)/t18-,19-,23-/m0/s1. The molecule has 31 heavy (non-hydrogen) atoms. The predicted molar refractivity (Wildman–Crippen MR) is 122 cm³/mol. The summed E-state index contributed by atoms with van der Waals surface area (Å²) in [5.74, 6) is 0.392. The Morgan fingerprint density at radius 2 is 1.81 bits per heavy atom. The number of aromatic carboxylic acids is 1. The number of carbonyl (C=O) groups is 1. The normalized spacial score (nSPS) is 25.6. The van der Waals surface area contributed by atoms with Crippen LogP contribution in [0.15, 0.2) is 42.5 Å². The number of benzene rings is 2. The van der Waals surface area contributed by atoms with E-state index in [4.69, 9.17) is 0 Å². The van der Waals surface area contributed by atoms with Gasteiger partial charge < -0.3 is 14.8 Å². The molecule has 160 valence electrons. The van der Waals surface area contributed by atoms with Crippen molar-refractivity contribution >= 4 is 16.9 Å². The quantitative estimate of drug-likeness (QED) is 0.546. The summed E-state index contributed by atoms with van der Waals surface area (Å²) in [6.45, 7) is 0.845. The predicted octanol–water partition coefficient (Wildman–Crippen LogP) is 5.92. The second-order valence-corrected chi connectivity index (χ2v) is 9.82. The summed E-state index contributed by atoms with van der Waals surface area (Å²) < 4.78 is 2.41. The van der Waals surface area contributed by atoms with Crippen LogP contribution in [0, 0.1) is 5.92 Å². The van der Waals surface area contributed by atoms with Crippen molar-refractivity contribution < 1.29 is 15.0 Å². The number of fused-ring (bicyclic) bond motifs is 7. The van der Waals surface area contributed by atoms with Crippen molar-refractivity contribution in [3.8, 4) is 11.3 Å². The molecule has 2 heterocycles. The fourth-order valence-electron chi connectivity index (χ4n) is 6.74. The lowest BCUT2D eigenvalue weighted by molar-refractivity contribution is 0.0697. The molecule has 0 saturated heterocycles. The van der Waals surface area contributed by atoms with Gasteiger partial charge >= 0.3 is 5.97 Å². The van der Waals surface area contributed by atoms with Crippen molar-refractivity contribution in [2.24, 2.45) is 5.92 Å². The first-order valence-electron chi connectivity index (χ1n) is 11.8. The Morgan fingerprint density at radius 1 is 1.00 bits per heavy atom. The molecular formula is C27H29NO3. The number of nitrogens with zero attached hydrogens (tertiary/aromatic N) is 1. The molecule has 0 unspecified atom stereocenters. The van der Waals surface area contributed by atoms with E-state index in [0.29, 0.717) is 23.3 Å². The summed E-state index contributed by atoms with van der Waals surface area (Å²) in [6.07, 6.45) is 7.65.